The van der Waals surface area contributed by atoms with E-state index in [2.05, 4.69) is 5.10 Å². The van der Waals surface area contributed by atoms with E-state index < -0.39 is 0 Å². The van der Waals surface area contributed by atoms with Crippen LogP contribution in [0, 0.1) is 0 Å². The summed E-state index contributed by atoms with van der Waals surface area (Å²) in [6.07, 6.45) is 0.536. The predicted molar refractivity (Wildman–Crippen MR) is 79.4 cm³/mol. The molecule has 1 heterocycles. The van der Waals surface area contributed by atoms with Gasteiger partial charge in [-0.2, -0.15) is 5.10 Å². The van der Waals surface area contributed by atoms with Gasteiger partial charge in [-0.25, -0.2) is 0 Å². The average Bonchev–Trinajstić information content (AvgIpc) is 2.86. The topological polar surface area (TPSA) is 58.7 Å². The summed E-state index contributed by atoms with van der Waals surface area (Å²) in [6.45, 7) is 0. The van der Waals surface area contributed by atoms with E-state index in [1.54, 1.807) is 4.90 Å². The number of rotatable bonds is 2. The molecule has 1 aliphatic heterocycles. The van der Waals surface area contributed by atoms with Gasteiger partial charge in [-0.05, 0) is 17.7 Å². The Morgan fingerprint density at radius 2 is 1.60 bits per heavy atom. The van der Waals surface area contributed by atoms with E-state index in [9.17, 15) is 4.79 Å². The van der Waals surface area contributed by atoms with Gasteiger partial charge in [-0.1, -0.05) is 48.5 Å². The van der Waals surface area contributed by atoms with Crippen molar-refractivity contribution in [2.75, 3.05) is 4.90 Å². The molecule has 0 aliphatic carbocycles. The van der Waals surface area contributed by atoms with Crippen molar-refractivity contribution in [3.05, 3.63) is 66.2 Å². The quantitative estimate of drug-likeness (QED) is 0.670. The second-order valence-corrected chi connectivity index (χ2v) is 4.72. The second kappa shape index (κ2) is 5.17. The summed E-state index contributed by atoms with van der Waals surface area (Å²) >= 11 is 0. The highest BCUT2D eigenvalue weighted by Gasteiger charge is 2.38. The third-order valence-electron chi connectivity index (χ3n) is 3.54. The molecule has 0 bridgehead atoms. The highest BCUT2D eigenvalue weighted by Crippen LogP contribution is 2.35. The van der Waals surface area contributed by atoms with Gasteiger partial charge in [0.25, 0.3) is 5.91 Å². The Hall–Kier alpha value is -2.62. The minimum absolute atomic E-state index is 0.0478. The minimum Gasteiger partial charge on any atom is -0.323 e. The first-order valence-electron chi connectivity index (χ1n) is 6.51. The van der Waals surface area contributed by atoms with Crippen molar-refractivity contribution < 1.29 is 4.79 Å². The molecule has 4 nitrogen and oxygen atoms in total. The van der Waals surface area contributed by atoms with Crippen molar-refractivity contribution in [2.24, 2.45) is 10.9 Å². The molecule has 1 amide bonds. The van der Waals surface area contributed by atoms with Gasteiger partial charge in [-0.3, -0.25) is 9.69 Å². The number of hydrogen-bond donors (Lipinski definition) is 1. The minimum atomic E-state index is -0.118. The van der Waals surface area contributed by atoms with Gasteiger partial charge < -0.3 is 5.84 Å². The second-order valence-electron chi connectivity index (χ2n) is 4.72. The van der Waals surface area contributed by atoms with Crippen LogP contribution in [0.3, 0.4) is 0 Å². The van der Waals surface area contributed by atoms with Gasteiger partial charge in [0, 0.05) is 12.1 Å². The summed E-state index contributed by atoms with van der Waals surface area (Å²) in [5, 5.41) is 3.65. The molecule has 2 N–H and O–H groups in total. The first-order chi connectivity index (χ1) is 9.81. The number of nitrogens with two attached hydrogens (primary N) is 1. The van der Waals surface area contributed by atoms with E-state index >= 15 is 0 Å². The molecule has 0 aromatic heterocycles. The maximum Gasteiger partial charge on any atom is 0.275 e. The lowest BCUT2D eigenvalue weighted by atomic mass is 10.0. The van der Waals surface area contributed by atoms with E-state index in [4.69, 9.17) is 5.84 Å². The highest BCUT2D eigenvalue weighted by molar-refractivity contribution is 6.46. The largest absolute Gasteiger partial charge is 0.323 e. The van der Waals surface area contributed by atoms with Crippen molar-refractivity contribution in [1.82, 2.24) is 0 Å². The maximum absolute atomic E-state index is 12.4. The lowest BCUT2D eigenvalue weighted by Crippen LogP contribution is -2.29. The molecule has 4 heteroatoms. The number of nitrogens with zero attached hydrogens (tertiary/aromatic N) is 2. The number of hydrazone groups is 1. The molecule has 3 rings (SSSR count). The number of amides is 1. The molecule has 1 saturated heterocycles. The van der Waals surface area contributed by atoms with Crippen LogP contribution < -0.4 is 10.7 Å². The summed E-state index contributed by atoms with van der Waals surface area (Å²) < 4.78 is 0. The van der Waals surface area contributed by atoms with Gasteiger partial charge >= 0.3 is 0 Å². The zero-order valence-electron chi connectivity index (χ0n) is 10.9. The number of carbonyl (C=O) groups excluding carboxylic acids is 1. The number of para-hydroxylation sites is 1. The van der Waals surface area contributed by atoms with Crippen molar-refractivity contribution in [2.45, 2.75) is 12.5 Å². The van der Waals surface area contributed by atoms with Crippen LogP contribution in [0.1, 0.15) is 18.0 Å². The average molecular weight is 265 g/mol. The summed E-state index contributed by atoms with van der Waals surface area (Å²) in [6, 6.07) is 19.5. The summed E-state index contributed by atoms with van der Waals surface area (Å²) in [4.78, 5) is 14.2. The standard InChI is InChI=1S/C16H15N3O/c17-18-14-11-15(12-7-3-1-4-8-12)19(16(14)20)13-9-5-2-6-10-13/h1-10,15H,11,17H2/b18-14+/t15-/m1/s1. The fourth-order valence-electron chi connectivity index (χ4n) is 2.58. The molecule has 2 aromatic rings. The van der Waals surface area contributed by atoms with E-state index in [0.29, 0.717) is 12.1 Å². The molecule has 1 aliphatic rings. The molecular formula is C16H15N3O. The zero-order valence-corrected chi connectivity index (χ0v) is 10.9. The molecular weight excluding hydrogens is 250 g/mol. The Balaban J connectivity index is 2.06. The monoisotopic (exact) mass is 265 g/mol. The summed E-state index contributed by atoms with van der Waals surface area (Å²) in [5.74, 6) is 5.23. The summed E-state index contributed by atoms with van der Waals surface area (Å²) in [5.41, 5.74) is 2.37. The van der Waals surface area contributed by atoms with Crippen LogP contribution in [0.15, 0.2) is 65.8 Å². The third kappa shape index (κ3) is 2.05. The van der Waals surface area contributed by atoms with Gasteiger partial charge in [0.2, 0.25) is 0 Å². The number of carbonyl (C=O) groups is 1. The van der Waals surface area contributed by atoms with Crippen molar-refractivity contribution in [3.63, 3.8) is 0 Å². The maximum atomic E-state index is 12.4. The third-order valence-corrected chi connectivity index (χ3v) is 3.54. The number of hydrogen-bond acceptors (Lipinski definition) is 3. The van der Waals surface area contributed by atoms with E-state index in [0.717, 1.165) is 11.3 Å². The van der Waals surface area contributed by atoms with Crippen LogP contribution in [0.25, 0.3) is 0 Å². The number of anilines is 1. The Morgan fingerprint density at radius 3 is 2.20 bits per heavy atom. The first-order valence-corrected chi connectivity index (χ1v) is 6.51. The lowest BCUT2D eigenvalue weighted by molar-refractivity contribution is -0.112. The molecule has 0 saturated carbocycles. The van der Waals surface area contributed by atoms with Gasteiger partial charge in [0.15, 0.2) is 0 Å². The number of benzene rings is 2. The molecule has 1 fully saturated rings. The SMILES string of the molecule is N/N=C1\C[C@H](c2ccccc2)N(c2ccccc2)C1=O. The van der Waals surface area contributed by atoms with Crippen LogP contribution in [0.2, 0.25) is 0 Å². The van der Waals surface area contributed by atoms with Crippen LogP contribution in [-0.4, -0.2) is 11.6 Å². The highest BCUT2D eigenvalue weighted by atomic mass is 16.2. The Labute approximate surface area is 117 Å². The van der Waals surface area contributed by atoms with Crippen molar-refractivity contribution in [1.29, 1.82) is 0 Å². The van der Waals surface area contributed by atoms with E-state index in [-0.39, 0.29) is 11.9 Å². The molecule has 100 valence electrons. The Bertz CT molecular complexity index is 637. The van der Waals surface area contributed by atoms with E-state index in [1.165, 1.54) is 0 Å². The Morgan fingerprint density at radius 1 is 1.00 bits per heavy atom. The molecule has 20 heavy (non-hydrogen) atoms. The fourth-order valence-corrected chi connectivity index (χ4v) is 2.58. The van der Waals surface area contributed by atoms with Crippen LogP contribution in [-0.2, 0) is 4.79 Å². The molecule has 1 atom stereocenters. The molecule has 0 unspecified atom stereocenters. The molecule has 0 radical (unpaired) electrons. The zero-order chi connectivity index (χ0) is 13.9. The Kier molecular flexibility index (Phi) is 3.21. The first kappa shape index (κ1) is 12.4. The van der Waals surface area contributed by atoms with Crippen molar-refractivity contribution in [3.8, 4) is 0 Å². The normalized spacial score (nSPS) is 20.6. The van der Waals surface area contributed by atoms with Gasteiger partial charge in [-0.15, -0.1) is 0 Å². The van der Waals surface area contributed by atoms with Crippen LogP contribution >= 0.6 is 0 Å². The smallest absolute Gasteiger partial charge is 0.275 e. The molecule has 0 spiro atoms. The van der Waals surface area contributed by atoms with Crippen LogP contribution in [0.4, 0.5) is 5.69 Å². The van der Waals surface area contributed by atoms with E-state index in [1.807, 2.05) is 60.7 Å². The van der Waals surface area contributed by atoms with Crippen LogP contribution in [0.5, 0.6) is 0 Å². The lowest BCUT2D eigenvalue weighted by Gasteiger charge is -2.24. The fraction of sp³-hybridized carbons (Fsp3) is 0.125. The van der Waals surface area contributed by atoms with Gasteiger partial charge in [0.1, 0.15) is 5.71 Å². The van der Waals surface area contributed by atoms with Crippen molar-refractivity contribution >= 4 is 17.3 Å². The van der Waals surface area contributed by atoms with Gasteiger partial charge in [0.05, 0.1) is 6.04 Å². The molecule has 2 aromatic carbocycles. The summed E-state index contributed by atoms with van der Waals surface area (Å²) in [7, 11) is 0. The predicted octanol–water partition coefficient (Wildman–Crippen LogP) is 2.48.